The lowest BCUT2D eigenvalue weighted by molar-refractivity contribution is 0.0737. The minimum absolute atomic E-state index is 0.0101. The highest BCUT2D eigenvalue weighted by Crippen LogP contribution is 2.21. The topological polar surface area (TPSA) is 62.2 Å². The number of para-hydroxylation sites is 1. The molecule has 0 aliphatic carbocycles. The Morgan fingerprint density at radius 3 is 2.42 bits per heavy atom. The third kappa shape index (κ3) is 4.47. The van der Waals surface area contributed by atoms with Crippen LogP contribution in [0.3, 0.4) is 0 Å². The Kier molecular flexibility index (Phi) is 5.69. The van der Waals surface area contributed by atoms with Gasteiger partial charge in [-0.3, -0.25) is 4.90 Å². The van der Waals surface area contributed by atoms with E-state index in [-0.39, 0.29) is 12.7 Å². The van der Waals surface area contributed by atoms with Gasteiger partial charge in [-0.2, -0.15) is 0 Å². The van der Waals surface area contributed by atoms with Crippen LogP contribution in [0.25, 0.3) is 0 Å². The van der Waals surface area contributed by atoms with Crippen LogP contribution in [0.1, 0.15) is 5.56 Å². The highest BCUT2D eigenvalue weighted by Gasteiger charge is 2.32. The van der Waals surface area contributed by atoms with E-state index < -0.39 is 6.10 Å². The molecule has 0 amide bonds. The molecule has 1 heterocycles. The Hall–Kier alpha value is -2.08. The van der Waals surface area contributed by atoms with E-state index in [2.05, 4.69) is 4.90 Å². The maximum atomic E-state index is 10.2. The summed E-state index contributed by atoms with van der Waals surface area (Å²) in [6, 6.07) is 17.4. The second kappa shape index (κ2) is 8.15. The van der Waals surface area contributed by atoms with Crippen LogP contribution in [-0.2, 0) is 6.54 Å². The molecule has 0 bridgehead atoms. The van der Waals surface area contributed by atoms with E-state index in [9.17, 15) is 5.11 Å². The maximum Gasteiger partial charge on any atom is 0.138 e. The van der Waals surface area contributed by atoms with Crippen molar-refractivity contribution in [1.29, 1.82) is 0 Å². The molecule has 2 atom stereocenters. The molecule has 3 rings (SSSR count). The summed E-state index contributed by atoms with van der Waals surface area (Å²) in [5.74, 6) is 1.54. The Morgan fingerprint density at radius 1 is 0.958 bits per heavy atom. The molecule has 1 aliphatic rings. The molecular weight excluding hydrogens is 306 g/mol. The number of hydrogen-bond acceptors (Lipinski definition) is 5. The van der Waals surface area contributed by atoms with Gasteiger partial charge in [-0.25, -0.2) is 0 Å². The summed E-state index contributed by atoms with van der Waals surface area (Å²) < 4.78 is 11.2. The fourth-order valence-electron chi connectivity index (χ4n) is 2.86. The van der Waals surface area contributed by atoms with E-state index in [1.807, 2.05) is 54.6 Å². The Labute approximate surface area is 142 Å². The first kappa shape index (κ1) is 16.8. The summed E-state index contributed by atoms with van der Waals surface area (Å²) in [4.78, 5) is 2.18. The van der Waals surface area contributed by atoms with Crippen LogP contribution < -0.4 is 9.47 Å². The standard InChI is InChI=1S/C19H23NO4/c21-10-11-23-16-8-6-15(7-9-16)12-20-13-18(22)19(14-20)24-17-4-2-1-3-5-17/h1-9,18-19,21-22H,10-14H2/t18-,19-/m1/s1. The van der Waals surface area contributed by atoms with Crippen molar-refractivity contribution < 1.29 is 19.7 Å². The van der Waals surface area contributed by atoms with E-state index in [4.69, 9.17) is 14.6 Å². The summed E-state index contributed by atoms with van der Waals surface area (Å²) in [6.45, 7) is 2.36. The lowest BCUT2D eigenvalue weighted by Gasteiger charge is -2.17. The molecule has 0 radical (unpaired) electrons. The minimum atomic E-state index is -0.489. The van der Waals surface area contributed by atoms with E-state index >= 15 is 0 Å². The van der Waals surface area contributed by atoms with Gasteiger partial charge >= 0.3 is 0 Å². The van der Waals surface area contributed by atoms with Crippen LogP contribution in [0, 0.1) is 0 Å². The second-order valence-corrected chi connectivity index (χ2v) is 5.95. The number of ether oxygens (including phenoxy) is 2. The molecule has 24 heavy (non-hydrogen) atoms. The van der Waals surface area contributed by atoms with Gasteiger partial charge in [-0.1, -0.05) is 30.3 Å². The third-order valence-corrected chi connectivity index (χ3v) is 4.03. The van der Waals surface area contributed by atoms with Gasteiger partial charge in [-0.05, 0) is 29.8 Å². The molecule has 5 nitrogen and oxygen atoms in total. The van der Waals surface area contributed by atoms with Crippen LogP contribution in [0.5, 0.6) is 11.5 Å². The van der Waals surface area contributed by atoms with Crippen LogP contribution >= 0.6 is 0 Å². The molecule has 2 N–H and O–H groups in total. The van der Waals surface area contributed by atoms with Crippen molar-refractivity contribution in [2.24, 2.45) is 0 Å². The number of benzene rings is 2. The van der Waals surface area contributed by atoms with Crippen molar-refractivity contribution in [2.75, 3.05) is 26.3 Å². The van der Waals surface area contributed by atoms with Gasteiger partial charge in [0.1, 0.15) is 30.3 Å². The van der Waals surface area contributed by atoms with Crippen LogP contribution in [-0.4, -0.2) is 53.6 Å². The number of nitrogens with zero attached hydrogens (tertiary/aromatic N) is 1. The first-order valence-corrected chi connectivity index (χ1v) is 8.19. The Balaban J connectivity index is 1.53. The van der Waals surface area contributed by atoms with Crippen molar-refractivity contribution in [1.82, 2.24) is 4.90 Å². The van der Waals surface area contributed by atoms with Gasteiger partial charge < -0.3 is 19.7 Å². The van der Waals surface area contributed by atoms with Gasteiger partial charge in [0, 0.05) is 19.6 Å². The predicted octanol–water partition coefficient (Wildman–Crippen LogP) is 1.68. The number of hydrogen-bond donors (Lipinski definition) is 2. The number of aliphatic hydroxyl groups excluding tert-OH is 2. The van der Waals surface area contributed by atoms with E-state index in [0.717, 1.165) is 23.6 Å². The fourth-order valence-corrected chi connectivity index (χ4v) is 2.86. The molecular formula is C19H23NO4. The highest BCUT2D eigenvalue weighted by molar-refractivity contribution is 5.27. The van der Waals surface area contributed by atoms with Crippen molar-refractivity contribution in [2.45, 2.75) is 18.8 Å². The zero-order chi connectivity index (χ0) is 16.8. The van der Waals surface area contributed by atoms with Crippen molar-refractivity contribution >= 4 is 0 Å². The van der Waals surface area contributed by atoms with E-state index in [1.165, 1.54) is 0 Å². The molecule has 0 saturated carbocycles. The lowest BCUT2D eigenvalue weighted by Crippen LogP contribution is -2.29. The fraction of sp³-hybridized carbons (Fsp3) is 0.368. The monoisotopic (exact) mass is 329 g/mol. The van der Waals surface area contributed by atoms with Crippen LogP contribution in [0.2, 0.25) is 0 Å². The van der Waals surface area contributed by atoms with Gasteiger partial charge in [0.15, 0.2) is 0 Å². The number of rotatable bonds is 7. The summed E-state index contributed by atoms with van der Waals surface area (Å²) >= 11 is 0. The maximum absolute atomic E-state index is 10.2. The zero-order valence-corrected chi connectivity index (χ0v) is 13.5. The first-order valence-electron chi connectivity index (χ1n) is 8.19. The summed E-state index contributed by atoms with van der Waals surface area (Å²) in [5, 5.41) is 19.0. The SMILES string of the molecule is OCCOc1ccc(CN2C[C@@H](O)[C@H](Oc3ccccc3)C2)cc1. The molecule has 0 unspecified atom stereocenters. The smallest absolute Gasteiger partial charge is 0.138 e. The molecule has 5 heteroatoms. The third-order valence-electron chi connectivity index (χ3n) is 4.03. The van der Waals surface area contributed by atoms with E-state index in [0.29, 0.717) is 19.7 Å². The van der Waals surface area contributed by atoms with Crippen LogP contribution in [0.4, 0.5) is 0 Å². The Morgan fingerprint density at radius 2 is 1.71 bits per heavy atom. The molecule has 2 aromatic rings. The first-order chi connectivity index (χ1) is 11.7. The van der Waals surface area contributed by atoms with Crippen LogP contribution in [0.15, 0.2) is 54.6 Å². The Bertz CT molecular complexity index is 617. The minimum Gasteiger partial charge on any atom is -0.491 e. The molecule has 1 aliphatic heterocycles. The number of β-amino-alcohol motifs (C(OH)–C–C–N with tert-alkyl or cyclic N) is 1. The molecule has 0 spiro atoms. The molecule has 1 fully saturated rings. The molecule has 128 valence electrons. The van der Waals surface area contributed by atoms with Crippen molar-refractivity contribution in [3.8, 4) is 11.5 Å². The largest absolute Gasteiger partial charge is 0.491 e. The van der Waals surface area contributed by atoms with Gasteiger partial charge in [0.25, 0.3) is 0 Å². The lowest BCUT2D eigenvalue weighted by atomic mass is 10.2. The molecule has 2 aromatic carbocycles. The van der Waals surface area contributed by atoms with Gasteiger partial charge in [0.05, 0.1) is 6.61 Å². The van der Waals surface area contributed by atoms with Crippen molar-refractivity contribution in [3.63, 3.8) is 0 Å². The normalized spacial score (nSPS) is 20.9. The second-order valence-electron chi connectivity index (χ2n) is 5.95. The summed E-state index contributed by atoms with van der Waals surface area (Å²) in [5.41, 5.74) is 1.15. The molecule has 1 saturated heterocycles. The van der Waals surface area contributed by atoms with Crippen molar-refractivity contribution in [3.05, 3.63) is 60.2 Å². The molecule has 0 aromatic heterocycles. The highest BCUT2D eigenvalue weighted by atomic mass is 16.5. The number of aliphatic hydroxyl groups is 2. The predicted molar refractivity (Wildman–Crippen MR) is 91.2 cm³/mol. The van der Waals surface area contributed by atoms with E-state index in [1.54, 1.807) is 0 Å². The summed E-state index contributed by atoms with van der Waals surface area (Å²) in [7, 11) is 0. The zero-order valence-electron chi connectivity index (χ0n) is 13.5. The summed E-state index contributed by atoms with van der Waals surface area (Å²) in [6.07, 6.45) is -0.697. The number of likely N-dealkylation sites (tertiary alicyclic amines) is 1. The van der Waals surface area contributed by atoms with Gasteiger partial charge in [-0.15, -0.1) is 0 Å². The van der Waals surface area contributed by atoms with Gasteiger partial charge in [0.2, 0.25) is 0 Å². The average molecular weight is 329 g/mol. The average Bonchev–Trinajstić information content (AvgIpc) is 2.94. The quantitative estimate of drug-likeness (QED) is 0.809.